The van der Waals surface area contributed by atoms with E-state index in [0.717, 1.165) is 31.3 Å². The van der Waals surface area contributed by atoms with Crippen molar-refractivity contribution < 1.29 is 14.6 Å². The molecule has 1 saturated heterocycles. The molecule has 0 unspecified atom stereocenters. The summed E-state index contributed by atoms with van der Waals surface area (Å²) in [5.41, 5.74) is 0.0903. The molecule has 0 spiro atoms. The van der Waals surface area contributed by atoms with Crippen molar-refractivity contribution in [3.8, 4) is 0 Å². The third-order valence-electron chi connectivity index (χ3n) is 3.63. The number of aromatic nitrogens is 2. The molecule has 0 aromatic carbocycles. The Morgan fingerprint density at radius 3 is 2.90 bits per heavy atom. The Balaban J connectivity index is 2.01. The fourth-order valence-corrected chi connectivity index (χ4v) is 3.12. The van der Waals surface area contributed by atoms with E-state index in [0.29, 0.717) is 13.3 Å². The Labute approximate surface area is 126 Å². The first-order chi connectivity index (χ1) is 9.87. The highest BCUT2D eigenvalue weighted by atomic mass is 28.3. The molecular weight excluding hydrogens is 286 g/mol. The predicted molar refractivity (Wildman–Crippen MR) is 83.3 cm³/mol. The van der Waals surface area contributed by atoms with Crippen molar-refractivity contribution in [3.05, 3.63) is 17.7 Å². The SMILES string of the molecule is C[Si](C)(C)CCOCn1cc(C(=O)O)nc1[C@@H]1CCCN1. The van der Waals surface area contributed by atoms with Crippen LogP contribution in [0.4, 0.5) is 0 Å². The van der Waals surface area contributed by atoms with Gasteiger partial charge in [-0.2, -0.15) is 0 Å². The van der Waals surface area contributed by atoms with Gasteiger partial charge in [-0.15, -0.1) is 0 Å². The molecule has 0 saturated carbocycles. The standard InChI is InChI=1S/C14H25N3O3Si/c1-21(2,3)8-7-20-10-17-9-12(14(18)19)16-13(17)11-5-4-6-15-11/h9,11,15H,4-8,10H2,1-3H3,(H,18,19)/t11-/m0/s1. The highest BCUT2D eigenvalue weighted by molar-refractivity contribution is 6.76. The van der Waals surface area contributed by atoms with Crippen molar-refractivity contribution in [2.24, 2.45) is 0 Å². The molecule has 1 atom stereocenters. The van der Waals surface area contributed by atoms with Crippen LogP contribution in [0, 0.1) is 0 Å². The van der Waals surface area contributed by atoms with Crippen LogP contribution in [0.25, 0.3) is 0 Å². The number of carbonyl (C=O) groups is 1. The molecule has 1 aliphatic rings. The highest BCUT2D eigenvalue weighted by Crippen LogP contribution is 2.22. The summed E-state index contributed by atoms with van der Waals surface area (Å²) in [6.07, 6.45) is 3.66. The maximum atomic E-state index is 11.1. The lowest BCUT2D eigenvalue weighted by atomic mass is 10.2. The minimum Gasteiger partial charge on any atom is -0.476 e. The van der Waals surface area contributed by atoms with Crippen molar-refractivity contribution in [2.75, 3.05) is 13.2 Å². The molecule has 2 N–H and O–H groups in total. The molecular formula is C14H25N3O3Si. The Morgan fingerprint density at radius 1 is 1.57 bits per heavy atom. The lowest BCUT2D eigenvalue weighted by molar-refractivity contribution is 0.0689. The average molecular weight is 311 g/mol. The minimum atomic E-state index is -1.10. The van der Waals surface area contributed by atoms with E-state index >= 15 is 0 Å². The fourth-order valence-electron chi connectivity index (χ4n) is 2.36. The van der Waals surface area contributed by atoms with Crippen LogP contribution >= 0.6 is 0 Å². The van der Waals surface area contributed by atoms with Crippen LogP contribution in [-0.2, 0) is 11.5 Å². The summed E-state index contributed by atoms with van der Waals surface area (Å²) in [5.74, 6) is -0.215. The monoisotopic (exact) mass is 311 g/mol. The van der Waals surface area contributed by atoms with Gasteiger partial charge in [0.2, 0.25) is 0 Å². The summed E-state index contributed by atoms with van der Waals surface area (Å²) < 4.78 is 7.56. The number of carboxylic acids is 1. The zero-order valence-corrected chi connectivity index (χ0v) is 14.1. The van der Waals surface area contributed by atoms with E-state index in [1.54, 1.807) is 6.20 Å². The van der Waals surface area contributed by atoms with Crippen molar-refractivity contribution in [2.45, 2.75) is 51.3 Å². The molecule has 1 aliphatic heterocycles. The van der Waals surface area contributed by atoms with Crippen molar-refractivity contribution in [1.82, 2.24) is 14.9 Å². The summed E-state index contributed by atoms with van der Waals surface area (Å²) >= 11 is 0. The third-order valence-corrected chi connectivity index (χ3v) is 5.33. The van der Waals surface area contributed by atoms with Crippen LogP contribution in [0.5, 0.6) is 0 Å². The molecule has 0 aliphatic carbocycles. The topological polar surface area (TPSA) is 76.4 Å². The smallest absolute Gasteiger partial charge is 0.356 e. The van der Waals surface area contributed by atoms with Gasteiger partial charge in [0.15, 0.2) is 5.69 Å². The zero-order chi connectivity index (χ0) is 15.5. The number of hydrogen-bond donors (Lipinski definition) is 2. The number of hydrogen-bond acceptors (Lipinski definition) is 4. The van der Waals surface area contributed by atoms with Crippen LogP contribution < -0.4 is 5.32 Å². The Bertz CT molecular complexity index is 490. The van der Waals surface area contributed by atoms with Gasteiger partial charge < -0.3 is 19.7 Å². The summed E-state index contributed by atoms with van der Waals surface area (Å²) in [5, 5.41) is 12.5. The van der Waals surface area contributed by atoms with Gasteiger partial charge in [-0.1, -0.05) is 19.6 Å². The molecule has 2 heterocycles. The van der Waals surface area contributed by atoms with E-state index < -0.39 is 14.0 Å². The van der Waals surface area contributed by atoms with E-state index in [4.69, 9.17) is 9.84 Å². The van der Waals surface area contributed by atoms with Gasteiger partial charge in [0.05, 0.1) is 6.04 Å². The first-order valence-electron chi connectivity index (χ1n) is 7.48. The second-order valence-corrected chi connectivity index (χ2v) is 12.4. The van der Waals surface area contributed by atoms with E-state index in [1.807, 2.05) is 4.57 Å². The molecule has 21 heavy (non-hydrogen) atoms. The first kappa shape index (κ1) is 16.2. The van der Waals surface area contributed by atoms with Gasteiger partial charge in [-0.3, -0.25) is 0 Å². The summed E-state index contributed by atoms with van der Waals surface area (Å²) in [6.45, 7) is 8.97. The third kappa shape index (κ3) is 4.65. The van der Waals surface area contributed by atoms with Gasteiger partial charge in [-0.05, 0) is 25.4 Å². The maximum absolute atomic E-state index is 11.1. The summed E-state index contributed by atoms with van der Waals surface area (Å²) in [6, 6.07) is 1.24. The van der Waals surface area contributed by atoms with Crippen LogP contribution in [-0.4, -0.2) is 41.9 Å². The average Bonchev–Trinajstić information content (AvgIpc) is 3.02. The number of ether oxygens (including phenoxy) is 1. The van der Waals surface area contributed by atoms with Crippen molar-refractivity contribution >= 4 is 14.0 Å². The molecule has 1 aromatic heterocycles. The molecule has 0 radical (unpaired) electrons. The number of rotatable bonds is 7. The maximum Gasteiger partial charge on any atom is 0.356 e. The number of nitrogens with zero attached hydrogens (tertiary/aromatic N) is 2. The number of carboxylic acid groups (broad SMARTS) is 1. The summed E-state index contributed by atoms with van der Waals surface area (Å²) in [4.78, 5) is 15.4. The van der Waals surface area contributed by atoms with Gasteiger partial charge >= 0.3 is 5.97 Å². The van der Waals surface area contributed by atoms with E-state index in [-0.39, 0.29) is 11.7 Å². The minimum absolute atomic E-state index is 0.0903. The Kier molecular flexibility index (Phi) is 5.18. The first-order valence-corrected chi connectivity index (χ1v) is 11.2. The van der Waals surface area contributed by atoms with Crippen LogP contribution in [0.15, 0.2) is 6.20 Å². The predicted octanol–water partition coefficient (Wildman–Crippen LogP) is 2.32. The van der Waals surface area contributed by atoms with Gasteiger partial charge in [0.25, 0.3) is 0 Å². The van der Waals surface area contributed by atoms with Crippen molar-refractivity contribution in [1.29, 1.82) is 0 Å². The number of aromatic carboxylic acids is 1. The van der Waals surface area contributed by atoms with E-state index in [1.165, 1.54) is 0 Å². The van der Waals surface area contributed by atoms with Crippen molar-refractivity contribution in [3.63, 3.8) is 0 Å². The molecule has 1 fully saturated rings. The fraction of sp³-hybridized carbons (Fsp3) is 0.714. The van der Waals surface area contributed by atoms with Gasteiger partial charge in [0, 0.05) is 20.9 Å². The second-order valence-electron chi connectivity index (χ2n) is 6.76. The van der Waals surface area contributed by atoms with E-state index in [9.17, 15) is 4.79 Å². The molecule has 0 amide bonds. The lowest BCUT2D eigenvalue weighted by Crippen LogP contribution is -2.23. The van der Waals surface area contributed by atoms with Crippen LogP contribution in [0.3, 0.4) is 0 Å². The van der Waals surface area contributed by atoms with Crippen LogP contribution in [0.1, 0.15) is 35.2 Å². The number of imidazole rings is 1. The molecule has 118 valence electrons. The zero-order valence-electron chi connectivity index (χ0n) is 13.1. The quantitative estimate of drug-likeness (QED) is 0.597. The second kappa shape index (κ2) is 6.72. The Hall–Kier alpha value is -1.18. The van der Waals surface area contributed by atoms with Gasteiger partial charge in [-0.25, -0.2) is 9.78 Å². The molecule has 1 aromatic rings. The number of nitrogens with one attached hydrogen (secondary N) is 1. The summed E-state index contributed by atoms with van der Waals surface area (Å²) in [7, 11) is -1.10. The molecule has 0 bridgehead atoms. The normalized spacial score (nSPS) is 19.1. The highest BCUT2D eigenvalue weighted by Gasteiger charge is 2.24. The van der Waals surface area contributed by atoms with Gasteiger partial charge in [0.1, 0.15) is 12.6 Å². The molecule has 7 heteroatoms. The lowest BCUT2D eigenvalue weighted by Gasteiger charge is -2.17. The molecule has 2 rings (SSSR count). The Morgan fingerprint density at radius 2 is 2.33 bits per heavy atom. The van der Waals surface area contributed by atoms with Crippen LogP contribution in [0.2, 0.25) is 25.7 Å². The van der Waals surface area contributed by atoms with E-state index in [2.05, 4.69) is 29.9 Å². The largest absolute Gasteiger partial charge is 0.476 e. The molecule has 6 nitrogen and oxygen atoms in total.